The Bertz CT molecular complexity index is 1100. The summed E-state index contributed by atoms with van der Waals surface area (Å²) in [5.41, 5.74) is 0.596. The number of nitrogens with one attached hydrogen (secondary N) is 1. The van der Waals surface area contributed by atoms with Crippen molar-refractivity contribution in [2.24, 2.45) is 0 Å². The van der Waals surface area contributed by atoms with Gasteiger partial charge in [-0.1, -0.05) is 6.58 Å². The van der Waals surface area contributed by atoms with Crippen molar-refractivity contribution in [2.75, 3.05) is 50.4 Å². The van der Waals surface area contributed by atoms with E-state index in [9.17, 15) is 18.0 Å². The summed E-state index contributed by atoms with van der Waals surface area (Å²) in [5.74, 6) is 0.249. The zero-order chi connectivity index (χ0) is 26.1. The van der Waals surface area contributed by atoms with Crippen molar-refractivity contribution in [2.45, 2.75) is 42.8 Å². The monoisotopic (exact) mass is 543 g/mol. The predicted molar refractivity (Wildman–Crippen MR) is 140 cm³/mol. The fourth-order valence-corrected chi connectivity index (χ4v) is 5.08. The number of morpholine rings is 1. The van der Waals surface area contributed by atoms with Crippen LogP contribution in [0.2, 0.25) is 0 Å². The minimum absolute atomic E-state index is 0.00654. The third-order valence-electron chi connectivity index (χ3n) is 6.83. The summed E-state index contributed by atoms with van der Waals surface area (Å²) < 4.78 is 47.7. The van der Waals surface area contributed by atoms with E-state index in [4.69, 9.17) is 4.74 Å². The van der Waals surface area contributed by atoms with E-state index in [-0.39, 0.29) is 18.1 Å². The number of thiol groups is 2. The molecule has 2 unspecified atom stereocenters. The summed E-state index contributed by atoms with van der Waals surface area (Å²) in [7, 11) is 0. The molecule has 0 aromatic carbocycles. The van der Waals surface area contributed by atoms with Crippen molar-refractivity contribution in [3.8, 4) is 0 Å². The van der Waals surface area contributed by atoms with Gasteiger partial charge in [0.25, 0.3) is 0 Å². The molecule has 0 bridgehead atoms. The first-order chi connectivity index (χ1) is 17.0. The van der Waals surface area contributed by atoms with Gasteiger partial charge in [-0.15, -0.1) is 0 Å². The molecular weight excluding hydrogens is 511 g/mol. The molecule has 4 heterocycles. The van der Waals surface area contributed by atoms with E-state index in [1.807, 2.05) is 0 Å². The minimum Gasteiger partial charge on any atom is -0.379 e. The number of alkyl halides is 3. The highest BCUT2D eigenvalue weighted by Gasteiger charge is 2.34. The van der Waals surface area contributed by atoms with Crippen LogP contribution in [0.4, 0.5) is 18.9 Å². The van der Waals surface area contributed by atoms with Gasteiger partial charge in [0.2, 0.25) is 5.91 Å². The molecule has 0 aliphatic carbocycles. The van der Waals surface area contributed by atoms with Gasteiger partial charge in [0.1, 0.15) is 0 Å². The quantitative estimate of drug-likeness (QED) is 0.367. The normalized spacial score (nSPS) is 21.9. The number of anilines is 1. The van der Waals surface area contributed by atoms with Gasteiger partial charge in [-0.25, -0.2) is 4.98 Å². The Kier molecular flexibility index (Phi) is 8.18. The number of nitrogens with zero attached hydrogens (tertiary/aromatic N) is 4. The lowest BCUT2D eigenvalue weighted by Gasteiger charge is -2.38. The van der Waals surface area contributed by atoms with Crippen molar-refractivity contribution in [1.29, 1.82) is 0 Å². The van der Waals surface area contributed by atoms with Gasteiger partial charge >= 0.3 is 6.18 Å². The van der Waals surface area contributed by atoms with Crippen LogP contribution in [-0.2, 0) is 20.5 Å². The molecule has 2 fully saturated rings. The molecule has 0 spiro atoms. The number of likely N-dealkylation sites (tertiary alicyclic amines) is 1. The number of halogens is 3. The van der Waals surface area contributed by atoms with Crippen LogP contribution < -0.4 is 5.32 Å². The second-order valence-corrected chi connectivity index (χ2v) is 10.9. The van der Waals surface area contributed by atoms with Crippen molar-refractivity contribution in [1.82, 2.24) is 19.2 Å². The summed E-state index contributed by atoms with van der Waals surface area (Å²) in [6, 6.07) is 1.14. The van der Waals surface area contributed by atoms with Crippen LogP contribution in [0.3, 0.4) is 0 Å². The SMILES string of the molecule is C=CC(=O)N1CCOC(CN2CCC(Nc3cc(C(F)(F)F)cn4c(C(C)(S)CS)cnc34)CC2)C1. The fourth-order valence-electron chi connectivity index (χ4n) is 4.75. The van der Waals surface area contributed by atoms with Gasteiger partial charge in [-0.05, 0) is 31.9 Å². The standard InChI is InChI=1S/C24H32F3N5O2S2/c1-3-21(33)31-8-9-34-18(14-31)13-30-6-4-17(5-7-30)29-19-10-16(24(25,26)27)12-32-20(11-28-22(19)32)23(2,36)15-35/h3,10-12,17-18,29,35-36H,1,4-9,13-15H2,2H3. The molecule has 198 valence electrons. The van der Waals surface area contributed by atoms with E-state index in [1.165, 1.54) is 10.5 Å². The number of amides is 1. The van der Waals surface area contributed by atoms with Crippen LogP contribution in [0.1, 0.15) is 31.0 Å². The molecule has 2 atom stereocenters. The topological polar surface area (TPSA) is 62.1 Å². The number of carbonyl (C=O) groups excluding carboxylic acids is 1. The largest absolute Gasteiger partial charge is 0.417 e. The summed E-state index contributed by atoms with van der Waals surface area (Å²) in [4.78, 5) is 20.4. The Morgan fingerprint density at radius 3 is 2.69 bits per heavy atom. The second kappa shape index (κ2) is 10.8. The van der Waals surface area contributed by atoms with E-state index in [1.54, 1.807) is 18.0 Å². The van der Waals surface area contributed by atoms with E-state index in [2.05, 4.69) is 47.0 Å². The van der Waals surface area contributed by atoms with E-state index >= 15 is 0 Å². The van der Waals surface area contributed by atoms with Crippen LogP contribution in [0, 0.1) is 0 Å². The van der Waals surface area contributed by atoms with Crippen molar-refractivity contribution >= 4 is 42.5 Å². The van der Waals surface area contributed by atoms with Crippen LogP contribution >= 0.6 is 25.3 Å². The first kappa shape index (κ1) is 27.2. The zero-order valence-electron chi connectivity index (χ0n) is 20.2. The van der Waals surface area contributed by atoms with Gasteiger partial charge < -0.3 is 24.3 Å². The Labute approximate surface area is 219 Å². The van der Waals surface area contributed by atoms with Gasteiger partial charge in [0, 0.05) is 50.7 Å². The first-order valence-electron chi connectivity index (χ1n) is 12.0. The Balaban J connectivity index is 1.44. The molecule has 2 aliphatic rings. The van der Waals surface area contributed by atoms with Gasteiger partial charge in [-0.3, -0.25) is 4.79 Å². The summed E-state index contributed by atoms with van der Waals surface area (Å²) in [6.07, 6.45) is 0.927. The first-order valence-corrected chi connectivity index (χ1v) is 13.0. The number of piperidine rings is 1. The van der Waals surface area contributed by atoms with E-state index in [0.29, 0.717) is 49.0 Å². The van der Waals surface area contributed by atoms with Gasteiger partial charge in [-0.2, -0.15) is 38.4 Å². The van der Waals surface area contributed by atoms with Crippen molar-refractivity contribution in [3.63, 3.8) is 0 Å². The Morgan fingerprint density at radius 2 is 2.06 bits per heavy atom. The molecule has 2 aliphatic heterocycles. The van der Waals surface area contributed by atoms with Crippen LogP contribution in [0.5, 0.6) is 0 Å². The average Bonchev–Trinajstić information content (AvgIpc) is 3.30. The minimum atomic E-state index is -4.50. The lowest BCUT2D eigenvalue weighted by atomic mass is 10.0. The second-order valence-electron chi connectivity index (χ2n) is 9.61. The number of imidazole rings is 1. The molecule has 0 radical (unpaired) electrons. The molecule has 7 nitrogen and oxygen atoms in total. The molecule has 36 heavy (non-hydrogen) atoms. The third-order valence-corrected chi connectivity index (χ3v) is 8.10. The summed E-state index contributed by atoms with van der Waals surface area (Å²) in [5, 5.41) is 3.32. The highest BCUT2D eigenvalue weighted by atomic mass is 32.1. The third kappa shape index (κ3) is 5.98. The van der Waals surface area contributed by atoms with Crippen LogP contribution in [-0.4, -0.2) is 82.3 Å². The number of ether oxygens (including phenoxy) is 1. The predicted octanol–water partition coefficient (Wildman–Crippen LogP) is 3.72. The Morgan fingerprint density at radius 1 is 1.33 bits per heavy atom. The average molecular weight is 544 g/mol. The molecule has 1 N–H and O–H groups in total. The molecule has 0 saturated carbocycles. The molecule has 2 saturated heterocycles. The number of fused-ring (bicyclic) bond motifs is 1. The molecule has 12 heteroatoms. The Hall–Kier alpha value is -1.89. The van der Waals surface area contributed by atoms with Crippen molar-refractivity contribution < 1.29 is 22.7 Å². The molecule has 1 amide bonds. The lowest BCUT2D eigenvalue weighted by Crippen LogP contribution is -2.51. The molecule has 2 aromatic heterocycles. The lowest BCUT2D eigenvalue weighted by molar-refractivity contribution is -0.138. The highest BCUT2D eigenvalue weighted by Crippen LogP contribution is 2.36. The van der Waals surface area contributed by atoms with Crippen LogP contribution in [0.25, 0.3) is 5.65 Å². The maximum atomic E-state index is 13.7. The summed E-state index contributed by atoms with van der Waals surface area (Å²) >= 11 is 8.91. The zero-order valence-corrected chi connectivity index (χ0v) is 22.0. The number of hydrogen-bond acceptors (Lipinski definition) is 7. The molecular formula is C24H32F3N5O2S2. The van der Waals surface area contributed by atoms with Gasteiger partial charge in [0.15, 0.2) is 5.65 Å². The number of hydrogen-bond donors (Lipinski definition) is 3. The van der Waals surface area contributed by atoms with Crippen LogP contribution in [0.15, 0.2) is 31.1 Å². The smallest absolute Gasteiger partial charge is 0.379 e. The maximum absolute atomic E-state index is 13.7. The summed E-state index contributed by atoms with van der Waals surface area (Å²) in [6.45, 7) is 9.20. The number of carbonyl (C=O) groups is 1. The molecule has 2 aromatic rings. The van der Waals surface area contributed by atoms with E-state index in [0.717, 1.165) is 38.2 Å². The maximum Gasteiger partial charge on any atom is 0.417 e. The van der Waals surface area contributed by atoms with E-state index < -0.39 is 16.5 Å². The van der Waals surface area contributed by atoms with Crippen molar-refractivity contribution in [3.05, 3.63) is 42.4 Å². The number of rotatable bonds is 7. The highest BCUT2D eigenvalue weighted by molar-refractivity contribution is 7.85. The number of aromatic nitrogens is 2. The number of pyridine rings is 1. The molecule has 4 rings (SSSR count). The van der Waals surface area contributed by atoms with Gasteiger partial charge in [0.05, 0.1) is 40.6 Å². The fraction of sp³-hybridized carbons (Fsp3) is 0.583.